The van der Waals surface area contributed by atoms with Gasteiger partial charge in [-0.15, -0.1) is 0 Å². The molecular weight excluding hydrogens is 464 g/mol. The summed E-state index contributed by atoms with van der Waals surface area (Å²) in [5.41, 5.74) is 5.31. The fourth-order valence-corrected chi connectivity index (χ4v) is 3.45. The highest BCUT2D eigenvalue weighted by atomic mass is 35.5. The molecule has 0 bridgehead atoms. The summed E-state index contributed by atoms with van der Waals surface area (Å²) < 4.78 is 55.4. The van der Waals surface area contributed by atoms with E-state index in [1.54, 1.807) is 24.3 Å². The molecular formula is C21H15ClF4N6O. The average molecular weight is 479 g/mol. The van der Waals surface area contributed by atoms with Gasteiger partial charge in [-0.25, -0.2) is 14.1 Å². The fraction of sp³-hybridized carbons (Fsp3) is 0.0952. The van der Waals surface area contributed by atoms with Gasteiger partial charge in [0.15, 0.2) is 11.4 Å². The number of aromatic nitrogens is 4. The number of carbonyl (C=O) groups excluding carboxylic acids is 1. The summed E-state index contributed by atoms with van der Waals surface area (Å²) >= 11 is 6.07. The van der Waals surface area contributed by atoms with Crippen LogP contribution in [0.15, 0.2) is 54.9 Å². The summed E-state index contributed by atoms with van der Waals surface area (Å²) in [5, 5.41) is 7.07. The first kappa shape index (κ1) is 22.3. The molecule has 12 heteroatoms. The second kappa shape index (κ2) is 8.24. The van der Waals surface area contributed by atoms with Crippen LogP contribution in [0.25, 0.3) is 17.1 Å². The molecule has 0 unspecified atom stereocenters. The number of carbonyl (C=O) groups is 1. The van der Waals surface area contributed by atoms with Gasteiger partial charge in [0, 0.05) is 24.5 Å². The van der Waals surface area contributed by atoms with E-state index in [1.165, 1.54) is 36.0 Å². The molecule has 4 aromatic rings. The van der Waals surface area contributed by atoms with Crippen LogP contribution in [0.4, 0.5) is 28.9 Å². The standard InChI is InChI=1S/C21H15ClF4N6O/c1-31-10-16(21(24,25)26)29-20(31)11-5-7-12(8-6-11)28-15-9-32(30-17(15)19(27)33)18-13(22)3-2-4-14(18)23/h2-10,28H,1H3,(H2,27,33). The molecule has 0 fully saturated rings. The summed E-state index contributed by atoms with van der Waals surface area (Å²) in [4.78, 5) is 15.5. The lowest BCUT2D eigenvalue weighted by molar-refractivity contribution is -0.140. The molecule has 0 aliphatic rings. The van der Waals surface area contributed by atoms with Gasteiger partial charge in [0.25, 0.3) is 5.91 Å². The van der Waals surface area contributed by atoms with Crippen molar-refractivity contribution in [2.75, 3.05) is 5.32 Å². The van der Waals surface area contributed by atoms with Crippen LogP contribution < -0.4 is 11.1 Å². The summed E-state index contributed by atoms with van der Waals surface area (Å²) in [6, 6.07) is 10.4. The Morgan fingerprint density at radius 2 is 1.82 bits per heavy atom. The summed E-state index contributed by atoms with van der Waals surface area (Å²) in [7, 11) is 1.46. The van der Waals surface area contributed by atoms with Crippen LogP contribution in [-0.4, -0.2) is 25.2 Å². The Morgan fingerprint density at radius 3 is 2.39 bits per heavy atom. The Balaban J connectivity index is 1.64. The number of rotatable bonds is 5. The van der Waals surface area contributed by atoms with Gasteiger partial charge in [-0.05, 0) is 36.4 Å². The molecule has 0 radical (unpaired) electrons. The smallest absolute Gasteiger partial charge is 0.364 e. The number of hydrogen-bond acceptors (Lipinski definition) is 4. The third-order valence-corrected chi connectivity index (χ3v) is 5.01. The van der Waals surface area contributed by atoms with E-state index in [0.29, 0.717) is 11.3 Å². The second-order valence-electron chi connectivity index (χ2n) is 7.03. The SMILES string of the molecule is Cn1cc(C(F)(F)F)nc1-c1ccc(Nc2cn(-c3c(F)cccc3Cl)nc2C(N)=O)cc1. The lowest BCUT2D eigenvalue weighted by atomic mass is 10.2. The van der Waals surface area contributed by atoms with Crippen molar-refractivity contribution in [3.05, 3.63) is 77.1 Å². The summed E-state index contributed by atoms with van der Waals surface area (Å²) in [5.74, 6) is -1.37. The first-order valence-corrected chi connectivity index (χ1v) is 9.74. The van der Waals surface area contributed by atoms with Crippen LogP contribution >= 0.6 is 11.6 Å². The van der Waals surface area contributed by atoms with Crippen molar-refractivity contribution in [3.8, 4) is 17.1 Å². The maximum atomic E-state index is 14.3. The molecule has 1 amide bonds. The lowest BCUT2D eigenvalue weighted by Gasteiger charge is -2.07. The largest absolute Gasteiger partial charge is 0.434 e. The van der Waals surface area contributed by atoms with E-state index in [0.717, 1.165) is 10.9 Å². The predicted molar refractivity (Wildman–Crippen MR) is 114 cm³/mol. The monoisotopic (exact) mass is 478 g/mol. The zero-order valence-electron chi connectivity index (χ0n) is 16.9. The normalized spacial score (nSPS) is 11.6. The molecule has 170 valence electrons. The number of anilines is 2. The van der Waals surface area contributed by atoms with Gasteiger partial charge in [-0.3, -0.25) is 4.79 Å². The van der Waals surface area contributed by atoms with E-state index in [-0.39, 0.29) is 27.9 Å². The Kier molecular flexibility index (Phi) is 5.58. The molecule has 2 aromatic heterocycles. The molecule has 3 N–H and O–H groups in total. The molecule has 33 heavy (non-hydrogen) atoms. The van der Waals surface area contributed by atoms with Crippen LogP contribution in [0.5, 0.6) is 0 Å². The highest BCUT2D eigenvalue weighted by Crippen LogP contribution is 2.32. The van der Waals surface area contributed by atoms with E-state index < -0.39 is 23.6 Å². The van der Waals surface area contributed by atoms with Gasteiger partial charge in [-0.1, -0.05) is 17.7 Å². The van der Waals surface area contributed by atoms with E-state index in [4.69, 9.17) is 17.3 Å². The predicted octanol–water partition coefficient (Wildman–Crippen LogP) is 4.93. The Hall–Kier alpha value is -3.86. The minimum absolute atomic E-state index is 0.0553. The molecule has 7 nitrogen and oxygen atoms in total. The van der Waals surface area contributed by atoms with Crippen LogP contribution in [0.2, 0.25) is 5.02 Å². The van der Waals surface area contributed by atoms with Crippen LogP contribution in [0, 0.1) is 5.82 Å². The number of nitrogens with one attached hydrogen (secondary N) is 1. The van der Waals surface area contributed by atoms with E-state index in [1.807, 2.05) is 0 Å². The molecule has 2 aromatic carbocycles. The second-order valence-corrected chi connectivity index (χ2v) is 7.44. The lowest BCUT2D eigenvalue weighted by Crippen LogP contribution is -2.14. The van der Waals surface area contributed by atoms with Gasteiger partial charge in [-0.2, -0.15) is 18.3 Å². The van der Waals surface area contributed by atoms with Gasteiger partial charge < -0.3 is 15.6 Å². The van der Waals surface area contributed by atoms with Crippen molar-refractivity contribution in [2.24, 2.45) is 12.8 Å². The molecule has 0 spiro atoms. The molecule has 0 aliphatic carbocycles. The van der Waals surface area contributed by atoms with E-state index in [9.17, 15) is 22.4 Å². The number of aryl methyl sites for hydroxylation is 1. The third-order valence-electron chi connectivity index (χ3n) is 4.70. The fourth-order valence-electron chi connectivity index (χ4n) is 3.20. The van der Waals surface area contributed by atoms with Crippen LogP contribution in [0.3, 0.4) is 0 Å². The summed E-state index contributed by atoms with van der Waals surface area (Å²) in [6.07, 6.45) is -2.29. The number of amides is 1. The number of benzene rings is 2. The number of hydrogen-bond donors (Lipinski definition) is 2. The van der Waals surface area contributed by atoms with Crippen molar-refractivity contribution in [2.45, 2.75) is 6.18 Å². The van der Waals surface area contributed by atoms with Crippen molar-refractivity contribution < 1.29 is 22.4 Å². The number of para-hydroxylation sites is 1. The van der Waals surface area contributed by atoms with Gasteiger partial charge in [0.05, 0.1) is 16.9 Å². The quantitative estimate of drug-likeness (QED) is 0.398. The first-order chi connectivity index (χ1) is 15.5. The molecule has 0 saturated carbocycles. The minimum atomic E-state index is -4.55. The minimum Gasteiger partial charge on any atom is -0.364 e. The summed E-state index contributed by atoms with van der Waals surface area (Å²) in [6.45, 7) is 0. The molecule has 2 heterocycles. The van der Waals surface area contributed by atoms with Crippen molar-refractivity contribution >= 4 is 28.9 Å². The Bertz CT molecular complexity index is 1320. The van der Waals surface area contributed by atoms with E-state index >= 15 is 0 Å². The molecule has 0 aliphatic heterocycles. The Morgan fingerprint density at radius 1 is 1.12 bits per heavy atom. The van der Waals surface area contributed by atoms with Crippen molar-refractivity contribution in [1.82, 2.24) is 19.3 Å². The van der Waals surface area contributed by atoms with Crippen LogP contribution in [-0.2, 0) is 13.2 Å². The molecule has 0 atom stereocenters. The maximum Gasteiger partial charge on any atom is 0.434 e. The number of nitrogens with two attached hydrogens (primary N) is 1. The van der Waals surface area contributed by atoms with Crippen LogP contribution in [0.1, 0.15) is 16.2 Å². The van der Waals surface area contributed by atoms with Crippen molar-refractivity contribution in [3.63, 3.8) is 0 Å². The zero-order chi connectivity index (χ0) is 23.9. The average Bonchev–Trinajstić information content (AvgIpc) is 3.32. The maximum absolute atomic E-state index is 14.3. The first-order valence-electron chi connectivity index (χ1n) is 9.36. The van der Waals surface area contributed by atoms with Gasteiger partial charge in [0.2, 0.25) is 0 Å². The highest BCUT2D eigenvalue weighted by molar-refractivity contribution is 6.32. The molecule has 4 rings (SSSR count). The third kappa shape index (κ3) is 4.40. The highest BCUT2D eigenvalue weighted by Gasteiger charge is 2.34. The number of imidazole rings is 1. The number of primary amides is 1. The molecule has 0 saturated heterocycles. The topological polar surface area (TPSA) is 90.8 Å². The van der Waals surface area contributed by atoms with Gasteiger partial charge in [0.1, 0.15) is 17.3 Å². The van der Waals surface area contributed by atoms with Crippen molar-refractivity contribution in [1.29, 1.82) is 0 Å². The number of nitrogens with zero attached hydrogens (tertiary/aromatic N) is 4. The number of alkyl halides is 3. The Labute approximate surface area is 189 Å². The zero-order valence-corrected chi connectivity index (χ0v) is 17.6. The van der Waals surface area contributed by atoms with Gasteiger partial charge >= 0.3 is 6.18 Å². The van der Waals surface area contributed by atoms with E-state index in [2.05, 4.69) is 15.4 Å². The number of halogens is 5.